The van der Waals surface area contributed by atoms with Crippen molar-refractivity contribution in [2.24, 2.45) is 23.7 Å². The monoisotopic (exact) mass is 1380 g/mol. The molecule has 19 heteroatoms. The van der Waals surface area contributed by atoms with Crippen LogP contribution in [0.1, 0.15) is 376 Å². The second-order valence-electron chi connectivity index (χ2n) is 28.5. The number of esters is 4. The zero-order valence-electron chi connectivity index (χ0n) is 61.6. The molecule has 0 aliphatic rings. The summed E-state index contributed by atoms with van der Waals surface area (Å²) in [6, 6.07) is 0. The quantitative estimate of drug-likeness (QED) is 0.0222. The predicted octanol–water partition coefficient (Wildman–Crippen LogP) is 21.7. The summed E-state index contributed by atoms with van der Waals surface area (Å²) in [6.07, 6.45) is 48.9. The van der Waals surface area contributed by atoms with Crippen molar-refractivity contribution in [2.45, 2.75) is 395 Å². The number of hydrogen-bond acceptors (Lipinski definition) is 15. The molecule has 0 aliphatic carbocycles. The highest BCUT2D eigenvalue weighted by molar-refractivity contribution is 7.47. The SMILES string of the molecule is CCC(C)CCCCCCCCCCCCC(=O)O[C@H](COC(=O)CCCCCCCCCCCCCCCCCCCCC(C)C)COP(=O)(O)OC[C@@H](O)COP(=O)(O)OC[C@@H](COC(=O)CCCCCCCCC(C)CC)OC(=O)CCCCCCCCC(C)C. The Labute approximate surface area is 575 Å². The van der Waals surface area contributed by atoms with Crippen LogP contribution in [0.15, 0.2) is 0 Å². The van der Waals surface area contributed by atoms with Gasteiger partial charge in [-0.15, -0.1) is 0 Å². The number of carbonyl (C=O) groups is 4. The highest BCUT2D eigenvalue weighted by Crippen LogP contribution is 2.45. The molecule has 94 heavy (non-hydrogen) atoms. The molecule has 0 heterocycles. The number of phosphoric acid groups is 2. The Morgan fingerprint density at radius 1 is 0.298 bits per heavy atom. The minimum Gasteiger partial charge on any atom is -0.462 e. The van der Waals surface area contributed by atoms with Crippen LogP contribution >= 0.6 is 15.6 Å². The molecule has 0 saturated carbocycles. The summed E-state index contributed by atoms with van der Waals surface area (Å²) in [5, 5.41) is 10.6. The van der Waals surface area contributed by atoms with Crippen molar-refractivity contribution in [1.82, 2.24) is 0 Å². The van der Waals surface area contributed by atoms with Crippen molar-refractivity contribution >= 4 is 39.5 Å². The lowest BCUT2D eigenvalue weighted by Crippen LogP contribution is -2.30. The summed E-state index contributed by atoms with van der Waals surface area (Å²) in [5.74, 6) is 0.897. The molecule has 0 rings (SSSR count). The number of carbonyl (C=O) groups excluding carboxylic acids is 4. The van der Waals surface area contributed by atoms with Gasteiger partial charge in [0.25, 0.3) is 0 Å². The van der Waals surface area contributed by atoms with Crippen LogP contribution in [0.3, 0.4) is 0 Å². The van der Waals surface area contributed by atoms with Gasteiger partial charge in [-0.05, 0) is 49.4 Å². The van der Waals surface area contributed by atoms with Gasteiger partial charge in [0, 0.05) is 25.7 Å². The van der Waals surface area contributed by atoms with Crippen LogP contribution in [0.25, 0.3) is 0 Å². The Bertz CT molecular complexity index is 1850. The van der Waals surface area contributed by atoms with E-state index < -0.39 is 97.5 Å². The Balaban J connectivity index is 5.17. The predicted molar refractivity (Wildman–Crippen MR) is 381 cm³/mol. The molecule has 0 aromatic heterocycles. The molecule has 0 bridgehead atoms. The molecule has 0 aliphatic heterocycles. The maximum Gasteiger partial charge on any atom is 0.472 e. The van der Waals surface area contributed by atoms with Gasteiger partial charge in [-0.25, -0.2) is 9.13 Å². The van der Waals surface area contributed by atoms with E-state index in [0.29, 0.717) is 31.6 Å². The third-order valence-corrected chi connectivity index (χ3v) is 19.9. The first-order valence-corrected chi connectivity index (χ1v) is 41.8. The second kappa shape index (κ2) is 64.4. The number of unbranched alkanes of at least 4 members (excludes halogenated alkanes) is 36. The summed E-state index contributed by atoms with van der Waals surface area (Å²) < 4.78 is 68.4. The van der Waals surface area contributed by atoms with Gasteiger partial charge in [0.15, 0.2) is 12.2 Å². The van der Waals surface area contributed by atoms with E-state index in [2.05, 4.69) is 55.4 Å². The lowest BCUT2D eigenvalue weighted by Gasteiger charge is -2.21. The summed E-state index contributed by atoms with van der Waals surface area (Å²) in [4.78, 5) is 72.6. The standard InChI is InChI=1S/C75H146O17P2/c1-9-67(7)53-45-37-28-24-21-22-26-30-41-49-57-74(79)91-70(61-85-72(77)55-47-39-29-25-20-18-16-14-12-11-13-15-17-19-23-27-35-43-51-65(3)4)63-89-93(81,82)87-59-69(76)60-88-94(83,84)90-64-71(92-75(80)58-50-42-33-31-36-44-52-66(5)6)62-86-73(78)56-48-40-34-32-38-46-54-68(8)10-2/h65-71,76H,9-64H2,1-8H3,(H,81,82)(H,83,84)/t67?,68?,69-,70-,71-/m1/s1. The van der Waals surface area contributed by atoms with Crippen LogP contribution in [0, 0.1) is 23.7 Å². The third-order valence-electron chi connectivity index (χ3n) is 18.0. The average molecular weight is 1380 g/mol. The Morgan fingerprint density at radius 3 is 0.755 bits per heavy atom. The number of phosphoric ester groups is 2. The number of aliphatic hydroxyl groups excluding tert-OH is 1. The normalized spacial score (nSPS) is 14.7. The van der Waals surface area contributed by atoms with Crippen molar-refractivity contribution in [2.75, 3.05) is 39.6 Å². The Hall–Kier alpha value is -1.94. The lowest BCUT2D eigenvalue weighted by atomic mass is 9.99. The Kier molecular flexibility index (Phi) is 63.1. The van der Waals surface area contributed by atoms with Crippen molar-refractivity contribution in [3.8, 4) is 0 Å². The summed E-state index contributed by atoms with van der Waals surface area (Å²) in [6.45, 7) is 14.1. The van der Waals surface area contributed by atoms with Crippen LogP contribution in [0.2, 0.25) is 0 Å². The molecule has 17 nitrogen and oxygen atoms in total. The van der Waals surface area contributed by atoms with E-state index in [9.17, 15) is 43.2 Å². The Morgan fingerprint density at radius 2 is 0.511 bits per heavy atom. The molecule has 0 fully saturated rings. The minimum atomic E-state index is -4.96. The molecular formula is C75H146O17P2. The zero-order valence-corrected chi connectivity index (χ0v) is 63.4. The van der Waals surface area contributed by atoms with Crippen molar-refractivity contribution in [3.05, 3.63) is 0 Å². The van der Waals surface area contributed by atoms with E-state index in [1.165, 1.54) is 173 Å². The van der Waals surface area contributed by atoms with Crippen LogP contribution < -0.4 is 0 Å². The smallest absolute Gasteiger partial charge is 0.462 e. The summed E-state index contributed by atoms with van der Waals surface area (Å²) in [7, 11) is -9.91. The molecule has 0 aromatic carbocycles. The van der Waals surface area contributed by atoms with Gasteiger partial charge in [0.05, 0.1) is 26.4 Å². The van der Waals surface area contributed by atoms with Gasteiger partial charge in [-0.3, -0.25) is 37.3 Å². The molecule has 0 saturated heterocycles. The molecule has 558 valence electrons. The van der Waals surface area contributed by atoms with Gasteiger partial charge < -0.3 is 33.8 Å². The fourth-order valence-corrected chi connectivity index (χ4v) is 12.9. The number of ether oxygens (including phenoxy) is 4. The van der Waals surface area contributed by atoms with Crippen molar-refractivity contribution in [3.63, 3.8) is 0 Å². The molecule has 0 amide bonds. The van der Waals surface area contributed by atoms with E-state index in [1.54, 1.807) is 0 Å². The van der Waals surface area contributed by atoms with E-state index in [1.807, 2.05) is 0 Å². The number of aliphatic hydroxyl groups is 1. The molecule has 4 unspecified atom stereocenters. The molecule has 3 N–H and O–H groups in total. The first-order valence-electron chi connectivity index (χ1n) is 38.8. The second-order valence-corrected chi connectivity index (χ2v) is 31.4. The van der Waals surface area contributed by atoms with Crippen molar-refractivity contribution in [1.29, 1.82) is 0 Å². The number of rotatable bonds is 72. The molecule has 0 spiro atoms. The molecular weight excluding hydrogens is 1230 g/mol. The topological polar surface area (TPSA) is 237 Å². The highest BCUT2D eigenvalue weighted by Gasteiger charge is 2.30. The molecule has 0 radical (unpaired) electrons. The maximum atomic E-state index is 13.1. The lowest BCUT2D eigenvalue weighted by molar-refractivity contribution is -0.161. The van der Waals surface area contributed by atoms with Gasteiger partial charge in [-0.1, -0.05) is 325 Å². The first-order chi connectivity index (χ1) is 45.2. The van der Waals surface area contributed by atoms with E-state index in [0.717, 1.165) is 114 Å². The fraction of sp³-hybridized carbons (Fsp3) is 0.947. The van der Waals surface area contributed by atoms with Gasteiger partial charge in [0.2, 0.25) is 0 Å². The van der Waals surface area contributed by atoms with E-state index >= 15 is 0 Å². The average Bonchev–Trinajstić information content (AvgIpc) is 1.99. The van der Waals surface area contributed by atoms with E-state index in [-0.39, 0.29) is 25.7 Å². The van der Waals surface area contributed by atoms with Gasteiger partial charge in [0.1, 0.15) is 19.3 Å². The summed E-state index contributed by atoms with van der Waals surface area (Å²) >= 11 is 0. The van der Waals surface area contributed by atoms with Gasteiger partial charge in [-0.2, -0.15) is 0 Å². The summed E-state index contributed by atoms with van der Waals surface area (Å²) in [5.41, 5.74) is 0. The van der Waals surface area contributed by atoms with Gasteiger partial charge >= 0.3 is 39.5 Å². The largest absolute Gasteiger partial charge is 0.472 e. The van der Waals surface area contributed by atoms with E-state index in [4.69, 9.17) is 37.0 Å². The minimum absolute atomic E-state index is 0.101. The number of hydrogen-bond donors (Lipinski definition) is 3. The van der Waals surface area contributed by atoms with Crippen LogP contribution in [0.4, 0.5) is 0 Å². The molecule has 7 atom stereocenters. The van der Waals surface area contributed by atoms with Crippen molar-refractivity contribution < 1.29 is 80.2 Å². The molecule has 0 aromatic rings. The fourth-order valence-electron chi connectivity index (χ4n) is 11.3. The third kappa shape index (κ3) is 66.0. The maximum absolute atomic E-state index is 13.1. The highest BCUT2D eigenvalue weighted by atomic mass is 31.2. The van der Waals surface area contributed by atoms with Crippen LogP contribution in [-0.4, -0.2) is 96.7 Å². The van der Waals surface area contributed by atoms with Crippen LogP contribution in [-0.2, 0) is 65.4 Å². The zero-order chi connectivity index (χ0) is 69.6. The van der Waals surface area contributed by atoms with Crippen LogP contribution in [0.5, 0.6) is 0 Å². The first kappa shape index (κ1) is 92.1.